The molecular weight excluding hydrogens is 382 g/mol. The second-order valence-corrected chi connectivity index (χ2v) is 8.66. The summed E-state index contributed by atoms with van der Waals surface area (Å²) in [4.78, 5) is 14.9. The fourth-order valence-electron chi connectivity index (χ4n) is 3.46. The van der Waals surface area contributed by atoms with Crippen molar-refractivity contribution in [1.29, 1.82) is 0 Å². The zero-order valence-corrected chi connectivity index (χ0v) is 16.4. The predicted molar refractivity (Wildman–Crippen MR) is 107 cm³/mol. The van der Waals surface area contributed by atoms with Crippen LogP contribution in [-0.2, 0) is 14.8 Å². The number of sulfonamides is 1. The van der Waals surface area contributed by atoms with Crippen molar-refractivity contribution in [2.45, 2.75) is 19.4 Å². The molecule has 8 nitrogen and oxygen atoms in total. The molecule has 0 spiro atoms. The van der Waals surface area contributed by atoms with E-state index in [9.17, 15) is 13.2 Å². The molecule has 28 heavy (non-hydrogen) atoms. The van der Waals surface area contributed by atoms with Gasteiger partial charge in [-0.25, -0.2) is 8.42 Å². The summed E-state index contributed by atoms with van der Waals surface area (Å²) >= 11 is 0. The van der Waals surface area contributed by atoms with Crippen molar-refractivity contribution >= 4 is 21.2 Å². The normalized spacial score (nSPS) is 17.1. The van der Waals surface area contributed by atoms with Crippen LogP contribution >= 0.6 is 0 Å². The van der Waals surface area contributed by atoms with Crippen molar-refractivity contribution in [3.8, 4) is 17.0 Å². The van der Waals surface area contributed by atoms with Gasteiger partial charge in [-0.05, 0) is 36.8 Å². The molecule has 1 aliphatic heterocycles. The molecule has 1 fully saturated rings. The lowest BCUT2D eigenvalue weighted by molar-refractivity contribution is 0.141. The van der Waals surface area contributed by atoms with Gasteiger partial charge in [-0.15, -0.1) is 0 Å². The minimum atomic E-state index is -3.43. The summed E-state index contributed by atoms with van der Waals surface area (Å²) in [6.07, 6.45) is 5.16. The number of rotatable bonds is 5. The Balaban J connectivity index is 1.88. The molecule has 0 unspecified atom stereocenters. The number of aromatic amines is 1. The average Bonchev–Trinajstić information content (AvgIpc) is 3.24. The molecule has 9 heteroatoms. The van der Waals surface area contributed by atoms with Gasteiger partial charge in [0.05, 0.1) is 25.2 Å². The third kappa shape index (κ3) is 3.63. The number of anilines is 1. The fourth-order valence-corrected chi connectivity index (χ4v) is 4.01. The van der Waals surface area contributed by atoms with E-state index in [1.807, 2.05) is 13.0 Å². The third-order valence-corrected chi connectivity index (χ3v) is 5.23. The molecule has 2 aromatic heterocycles. The molecular formula is C19H21N3O5S. The second kappa shape index (κ2) is 6.99. The molecule has 1 aromatic carbocycles. The van der Waals surface area contributed by atoms with Gasteiger partial charge in [0.2, 0.25) is 10.0 Å². The van der Waals surface area contributed by atoms with Gasteiger partial charge in [-0.3, -0.25) is 9.52 Å². The van der Waals surface area contributed by atoms with Crippen LogP contribution in [0.2, 0.25) is 0 Å². The van der Waals surface area contributed by atoms with E-state index in [0.717, 1.165) is 23.9 Å². The summed E-state index contributed by atoms with van der Waals surface area (Å²) in [6, 6.07) is 7.00. The van der Waals surface area contributed by atoms with Crippen molar-refractivity contribution in [3.63, 3.8) is 0 Å². The number of benzene rings is 1. The maximum atomic E-state index is 12.2. The van der Waals surface area contributed by atoms with Gasteiger partial charge in [0, 0.05) is 30.1 Å². The van der Waals surface area contributed by atoms with Crippen LogP contribution in [0.15, 0.2) is 41.5 Å². The summed E-state index contributed by atoms with van der Waals surface area (Å²) in [5, 5.41) is 0. The van der Waals surface area contributed by atoms with E-state index < -0.39 is 10.0 Å². The summed E-state index contributed by atoms with van der Waals surface area (Å²) in [5.41, 5.74) is 3.01. The molecule has 0 amide bonds. The molecule has 1 aliphatic rings. The lowest BCUT2D eigenvalue weighted by atomic mass is 10.1. The number of hydrogen-bond acceptors (Lipinski definition) is 5. The molecule has 3 aromatic rings. The van der Waals surface area contributed by atoms with Crippen LogP contribution in [0.5, 0.6) is 5.75 Å². The highest BCUT2D eigenvalue weighted by Crippen LogP contribution is 2.36. The molecule has 4 rings (SSSR count). The van der Waals surface area contributed by atoms with Crippen molar-refractivity contribution < 1.29 is 17.9 Å². The van der Waals surface area contributed by atoms with Crippen LogP contribution in [0.1, 0.15) is 12.0 Å². The number of aromatic nitrogens is 2. The average molecular weight is 403 g/mol. The van der Waals surface area contributed by atoms with Crippen molar-refractivity contribution in [2.24, 2.45) is 0 Å². The predicted octanol–water partition coefficient (Wildman–Crippen LogP) is 2.14. The second-order valence-electron chi connectivity index (χ2n) is 6.91. The molecule has 0 saturated carbocycles. The van der Waals surface area contributed by atoms with Crippen LogP contribution in [0.3, 0.4) is 0 Å². The molecule has 2 N–H and O–H groups in total. The Morgan fingerprint density at radius 1 is 1.32 bits per heavy atom. The van der Waals surface area contributed by atoms with Crippen LogP contribution in [0, 0.1) is 6.92 Å². The van der Waals surface area contributed by atoms with Gasteiger partial charge in [0.15, 0.2) is 0 Å². The maximum absolute atomic E-state index is 12.2. The Morgan fingerprint density at radius 2 is 2.14 bits per heavy atom. The minimum absolute atomic E-state index is 0.0665. The van der Waals surface area contributed by atoms with E-state index in [1.54, 1.807) is 35.0 Å². The molecule has 0 aliphatic carbocycles. The Kier molecular flexibility index (Phi) is 4.64. The quantitative estimate of drug-likeness (QED) is 0.680. The number of ether oxygens (including phenoxy) is 2. The number of hydrogen-bond donors (Lipinski definition) is 2. The van der Waals surface area contributed by atoms with E-state index in [-0.39, 0.29) is 11.7 Å². The van der Waals surface area contributed by atoms with Gasteiger partial charge >= 0.3 is 0 Å². The lowest BCUT2D eigenvalue weighted by Crippen LogP contribution is -2.16. The van der Waals surface area contributed by atoms with Crippen molar-refractivity contribution in [3.05, 3.63) is 52.6 Å². The SMILES string of the molecule is Cc1cc(-c2cc(NS(C)(=O)=O)ccc2O[C@@H]2CCOC2)n2cc[nH]c(=O)c12. The molecule has 1 atom stereocenters. The van der Waals surface area contributed by atoms with Gasteiger partial charge in [-0.2, -0.15) is 0 Å². The van der Waals surface area contributed by atoms with Crippen LogP contribution in [0.4, 0.5) is 5.69 Å². The van der Waals surface area contributed by atoms with Gasteiger partial charge < -0.3 is 18.9 Å². The summed E-state index contributed by atoms with van der Waals surface area (Å²) in [6.45, 7) is 3.02. The monoisotopic (exact) mass is 403 g/mol. The molecule has 1 saturated heterocycles. The smallest absolute Gasteiger partial charge is 0.272 e. The summed E-state index contributed by atoms with van der Waals surface area (Å²) in [5.74, 6) is 0.606. The van der Waals surface area contributed by atoms with Crippen LogP contribution in [0.25, 0.3) is 16.8 Å². The molecule has 0 bridgehead atoms. The molecule has 3 heterocycles. The van der Waals surface area contributed by atoms with E-state index in [2.05, 4.69) is 9.71 Å². The Bertz CT molecular complexity index is 1190. The van der Waals surface area contributed by atoms with Crippen LogP contribution < -0.4 is 15.0 Å². The standard InChI is InChI=1S/C19H21N3O5S/c1-12-9-16(22-7-6-20-19(23)18(12)22)15-10-13(21-28(2,24)25)3-4-17(15)27-14-5-8-26-11-14/h3-4,6-7,9-10,14,21H,5,8,11H2,1-2H3,(H,20,23)/t14-/m1/s1. The Labute approximate surface area is 162 Å². The zero-order valence-electron chi connectivity index (χ0n) is 15.6. The third-order valence-electron chi connectivity index (χ3n) is 4.62. The first-order valence-electron chi connectivity index (χ1n) is 8.88. The number of nitrogens with zero attached hydrogens (tertiary/aromatic N) is 1. The topological polar surface area (TPSA) is 102 Å². The van der Waals surface area contributed by atoms with Gasteiger partial charge in [-0.1, -0.05) is 0 Å². The zero-order chi connectivity index (χ0) is 19.9. The number of H-pyrrole nitrogens is 1. The lowest BCUT2D eigenvalue weighted by Gasteiger charge is -2.17. The molecule has 0 radical (unpaired) electrons. The van der Waals surface area contributed by atoms with Crippen molar-refractivity contribution in [2.75, 3.05) is 24.2 Å². The van der Waals surface area contributed by atoms with Crippen molar-refractivity contribution in [1.82, 2.24) is 9.38 Å². The van der Waals surface area contributed by atoms with E-state index >= 15 is 0 Å². The highest BCUT2D eigenvalue weighted by Gasteiger charge is 2.21. The summed E-state index contributed by atoms with van der Waals surface area (Å²) in [7, 11) is -3.43. The fraction of sp³-hybridized carbons (Fsp3) is 0.316. The Morgan fingerprint density at radius 3 is 2.86 bits per heavy atom. The Hall–Kier alpha value is -2.78. The van der Waals surface area contributed by atoms with E-state index in [4.69, 9.17) is 9.47 Å². The summed E-state index contributed by atoms with van der Waals surface area (Å²) < 4.78 is 39.1. The first kappa shape index (κ1) is 18.6. The maximum Gasteiger partial charge on any atom is 0.272 e. The highest BCUT2D eigenvalue weighted by atomic mass is 32.2. The van der Waals surface area contributed by atoms with Gasteiger partial charge in [0.25, 0.3) is 5.56 Å². The van der Waals surface area contributed by atoms with Gasteiger partial charge in [0.1, 0.15) is 17.4 Å². The largest absolute Gasteiger partial charge is 0.487 e. The number of fused-ring (bicyclic) bond motifs is 1. The minimum Gasteiger partial charge on any atom is -0.487 e. The first-order valence-corrected chi connectivity index (χ1v) is 10.8. The van der Waals surface area contributed by atoms with E-state index in [1.165, 1.54) is 0 Å². The number of nitrogens with one attached hydrogen (secondary N) is 2. The van der Waals surface area contributed by atoms with E-state index in [0.29, 0.717) is 35.7 Å². The molecule has 148 valence electrons. The van der Waals surface area contributed by atoms with Crippen LogP contribution in [-0.4, -0.2) is 43.4 Å². The number of aryl methyl sites for hydroxylation is 1. The highest BCUT2D eigenvalue weighted by molar-refractivity contribution is 7.92. The first-order chi connectivity index (χ1) is 13.3.